The maximum atomic E-state index is 11.4. The van der Waals surface area contributed by atoms with Gasteiger partial charge in [0.1, 0.15) is 5.75 Å². The Labute approximate surface area is 108 Å². The van der Waals surface area contributed by atoms with Crippen LogP contribution in [0.25, 0.3) is 0 Å². The molecule has 0 amide bonds. The van der Waals surface area contributed by atoms with Crippen molar-refractivity contribution in [2.24, 2.45) is 0 Å². The van der Waals surface area contributed by atoms with Crippen LogP contribution in [-0.2, 0) is 9.53 Å². The molecule has 0 saturated heterocycles. The molecule has 1 aromatic carbocycles. The number of ether oxygens (including phenoxy) is 2. The molecule has 0 radical (unpaired) electrons. The molecule has 0 spiro atoms. The van der Waals surface area contributed by atoms with E-state index >= 15 is 0 Å². The number of carbonyl (C=O) groups is 1. The summed E-state index contributed by atoms with van der Waals surface area (Å²) in [5.41, 5.74) is 1.17. The molecule has 2 unspecified atom stereocenters. The normalized spacial score (nSPS) is 13.8. The van der Waals surface area contributed by atoms with E-state index in [-0.39, 0.29) is 5.97 Å². The molecule has 18 heavy (non-hydrogen) atoms. The van der Waals surface area contributed by atoms with Crippen LogP contribution in [0.4, 0.5) is 0 Å². The number of hydrogen-bond acceptors (Lipinski definition) is 4. The van der Waals surface area contributed by atoms with E-state index in [1.54, 1.807) is 13.8 Å². The Hall–Kier alpha value is -1.55. The van der Waals surface area contributed by atoms with Gasteiger partial charge in [-0.05, 0) is 45.5 Å². The minimum atomic E-state index is -0.586. The predicted octanol–water partition coefficient (Wildman–Crippen LogP) is 2.30. The highest BCUT2D eigenvalue weighted by Gasteiger charge is 2.15. The average Bonchev–Trinajstić information content (AvgIpc) is 2.39. The van der Waals surface area contributed by atoms with Crippen molar-refractivity contribution < 1.29 is 14.3 Å². The van der Waals surface area contributed by atoms with Crippen LogP contribution < -0.4 is 10.1 Å². The van der Waals surface area contributed by atoms with Gasteiger partial charge in [-0.3, -0.25) is 0 Å². The minimum Gasteiger partial charge on any atom is -0.479 e. The van der Waals surface area contributed by atoms with Crippen molar-refractivity contribution in [1.29, 1.82) is 0 Å². The molecule has 0 bridgehead atoms. The minimum absolute atomic E-state index is 0.293. The maximum absolute atomic E-state index is 11.4. The second-order valence-corrected chi connectivity index (χ2v) is 4.09. The molecule has 1 rings (SSSR count). The lowest BCUT2D eigenvalue weighted by Gasteiger charge is -2.15. The van der Waals surface area contributed by atoms with Crippen molar-refractivity contribution >= 4 is 5.97 Å². The highest BCUT2D eigenvalue weighted by atomic mass is 16.6. The van der Waals surface area contributed by atoms with Crippen LogP contribution in [-0.4, -0.2) is 25.7 Å². The highest BCUT2D eigenvalue weighted by Crippen LogP contribution is 2.18. The van der Waals surface area contributed by atoms with E-state index in [2.05, 4.69) is 12.2 Å². The number of benzene rings is 1. The van der Waals surface area contributed by atoms with Crippen LogP contribution in [0.2, 0.25) is 0 Å². The van der Waals surface area contributed by atoms with E-state index < -0.39 is 6.10 Å². The van der Waals surface area contributed by atoms with Crippen LogP contribution in [0.3, 0.4) is 0 Å². The summed E-state index contributed by atoms with van der Waals surface area (Å²) in [6.07, 6.45) is -0.586. The Morgan fingerprint density at radius 2 is 1.89 bits per heavy atom. The first-order valence-electron chi connectivity index (χ1n) is 6.19. The predicted molar refractivity (Wildman–Crippen MR) is 70.6 cm³/mol. The van der Waals surface area contributed by atoms with Crippen LogP contribution in [0.5, 0.6) is 5.75 Å². The summed E-state index contributed by atoms with van der Waals surface area (Å²) in [6.45, 7) is 5.91. The first kappa shape index (κ1) is 14.5. The van der Waals surface area contributed by atoms with Gasteiger partial charge < -0.3 is 14.8 Å². The van der Waals surface area contributed by atoms with Crippen molar-refractivity contribution in [2.75, 3.05) is 13.7 Å². The van der Waals surface area contributed by atoms with Crippen molar-refractivity contribution in [3.63, 3.8) is 0 Å². The molecule has 1 aromatic rings. The van der Waals surface area contributed by atoms with Gasteiger partial charge in [0, 0.05) is 6.04 Å². The molecular formula is C14H21NO3. The van der Waals surface area contributed by atoms with Gasteiger partial charge in [0.15, 0.2) is 6.10 Å². The molecule has 0 heterocycles. The van der Waals surface area contributed by atoms with E-state index in [1.165, 1.54) is 5.56 Å². The zero-order valence-corrected chi connectivity index (χ0v) is 11.4. The Morgan fingerprint density at radius 3 is 2.39 bits per heavy atom. The Kier molecular flexibility index (Phi) is 5.65. The summed E-state index contributed by atoms with van der Waals surface area (Å²) >= 11 is 0. The molecule has 0 aliphatic rings. The summed E-state index contributed by atoms with van der Waals surface area (Å²) < 4.78 is 10.4. The molecular weight excluding hydrogens is 230 g/mol. The smallest absolute Gasteiger partial charge is 0.347 e. The fourth-order valence-electron chi connectivity index (χ4n) is 1.51. The summed E-state index contributed by atoms with van der Waals surface area (Å²) in [4.78, 5) is 11.4. The van der Waals surface area contributed by atoms with Crippen molar-refractivity contribution in [2.45, 2.75) is 32.9 Å². The topological polar surface area (TPSA) is 47.6 Å². The van der Waals surface area contributed by atoms with Crippen LogP contribution >= 0.6 is 0 Å². The van der Waals surface area contributed by atoms with Gasteiger partial charge in [-0.1, -0.05) is 12.1 Å². The summed E-state index contributed by atoms with van der Waals surface area (Å²) in [5, 5.41) is 3.16. The van der Waals surface area contributed by atoms with Crippen molar-refractivity contribution in [3.8, 4) is 5.75 Å². The standard InChI is InChI=1S/C14H21NO3/c1-5-17-14(16)11(3)18-13-8-6-12(7-9-13)10(2)15-4/h6-11,15H,5H2,1-4H3. The molecule has 0 fully saturated rings. The van der Waals surface area contributed by atoms with Crippen LogP contribution in [0.15, 0.2) is 24.3 Å². The van der Waals surface area contributed by atoms with Gasteiger partial charge in [0.05, 0.1) is 6.61 Å². The number of carbonyl (C=O) groups excluding carboxylic acids is 1. The first-order chi connectivity index (χ1) is 8.58. The van der Waals surface area contributed by atoms with Gasteiger partial charge in [-0.25, -0.2) is 4.79 Å². The summed E-state index contributed by atoms with van der Waals surface area (Å²) in [7, 11) is 1.91. The second kappa shape index (κ2) is 7.01. The SMILES string of the molecule is CCOC(=O)C(C)Oc1ccc(C(C)NC)cc1. The average molecular weight is 251 g/mol. The fourth-order valence-corrected chi connectivity index (χ4v) is 1.51. The van der Waals surface area contributed by atoms with E-state index in [1.807, 2.05) is 31.3 Å². The van der Waals surface area contributed by atoms with Crippen LogP contribution in [0.1, 0.15) is 32.4 Å². The van der Waals surface area contributed by atoms with Crippen LogP contribution in [0, 0.1) is 0 Å². The molecule has 2 atom stereocenters. The van der Waals surface area contributed by atoms with Crippen molar-refractivity contribution in [3.05, 3.63) is 29.8 Å². The summed E-state index contributed by atoms with van der Waals surface area (Å²) in [6, 6.07) is 7.97. The Bertz CT molecular complexity index is 375. The van der Waals surface area contributed by atoms with Gasteiger partial charge in [0.25, 0.3) is 0 Å². The molecule has 100 valence electrons. The molecule has 4 nitrogen and oxygen atoms in total. The molecule has 0 aliphatic carbocycles. The van der Waals surface area contributed by atoms with Gasteiger partial charge in [0.2, 0.25) is 0 Å². The zero-order valence-electron chi connectivity index (χ0n) is 11.4. The third kappa shape index (κ3) is 4.04. The van der Waals surface area contributed by atoms with Crippen molar-refractivity contribution in [1.82, 2.24) is 5.32 Å². The molecule has 0 saturated carbocycles. The highest BCUT2D eigenvalue weighted by molar-refractivity contribution is 5.74. The maximum Gasteiger partial charge on any atom is 0.347 e. The van der Waals surface area contributed by atoms with E-state index in [0.717, 1.165) is 0 Å². The van der Waals surface area contributed by atoms with Gasteiger partial charge in [-0.15, -0.1) is 0 Å². The largest absolute Gasteiger partial charge is 0.479 e. The number of esters is 1. The lowest BCUT2D eigenvalue weighted by molar-refractivity contribution is -0.150. The second-order valence-electron chi connectivity index (χ2n) is 4.09. The molecule has 1 N–H and O–H groups in total. The monoisotopic (exact) mass is 251 g/mol. The molecule has 0 aromatic heterocycles. The Balaban J connectivity index is 2.60. The van der Waals surface area contributed by atoms with Gasteiger partial charge in [-0.2, -0.15) is 0 Å². The molecule has 0 aliphatic heterocycles. The van der Waals surface area contributed by atoms with E-state index in [0.29, 0.717) is 18.4 Å². The number of hydrogen-bond donors (Lipinski definition) is 1. The Morgan fingerprint density at radius 1 is 1.28 bits per heavy atom. The third-order valence-electron chi connectivity index (χ3n) is 2.74. The first-order valence-corrected chi connectivity index (χ1v) is 6.19. The molecule has 4 heteroatoms. The lowest BCUT2D eigenvalue weighted by Crippen LogP contribution is -2.26. The quantitative estimate of drug-likeness (QED) is 0.788. The zero-order chi connectivity index (χ0) is 13.5. The fraction of sp³-hybridized carbons (Fsp3) is 0.500. The van der Waals surface area contributed by atoms with E-state index in [9.17, 15) is 4.79 Å². The van der Waals surface area contributed by atoms with Gasteiger partial charge >= 0.3 is 5.97 Å². The third-order valence-corrected chi connectivity index (χ3v) is 2.74. The van der Waals surface area contributed by atoms with E-state index in [4.69, 9.17) is 9.47 Å². The lowest BCUT2D eigenvalue weighted by atomic mass is 10.1. The number of nitrogens with one attached hydrogen (secondary N) is 1. The number of rotatable bonds is 6. The summed E-state index contributed by atoms with van der Waals surface area (Å²) in [5.74, 6) is 0.327.